The molecule has 2 nitrogen and oxygen atoms in total. The van der Waals surface area contributed by atoms with Crippen molar-refractivity contribution in [1.29, 1.82) is 0 Å². The summed E-state index contributed by atoms with van der Waals surface area (Å²) in [5.41, 5.74) is 3.19. The standard InChI is InChI=1S/C19H31NO/c1-18(2,3)20-13-19(4,5)14-21-17-12-8-10-15-9-6-7-11-16(15)17/h6-7,9,11,17,20H,8,10,12-14H2,1-5H3. The highest BCUT2D eigenvalue weighted by Gasteiger charge is 2.25. The van der Waals surface area contributed by atoms with Gasteiger partial charge in [0.25, 0.3) is 0 Å². The van der Waals surface area contributed by atoms with E-state index in [2.05, 4.69) is 64.2 Å². The number of fused-ring (bicyclic) bond motifs is 1. The fourth-order valence-electron chi connectivity index (χ4n) is 2.76. The summed E-state index contributed by atoms with van der Waals surface area (Å²) in [5.74, 6) is 0. The van der Waals surface area contributed by atoms with Crippen LogP contribution in [-0.4, -0.2) is 18.7 Å². The van der Waals surface area contributed by atoms with Crippen LogP contribution in [0.3, 0.4) is 0 Å². The number of nitrogens with one attached hydrogen (secondary N) is 1. The van der Waals surface area contributed by atoms with Crippen LogP contribution in [0.15, 0.2) is 24.3 Å². The molecule has 1 atom stereocenters. The lowest BCUT2D eigenvalue weighted by atomic mass is 9.88. The molecule has 1 aromatic rings. The molecule has 0 saturated carbocycles. The fourth-order valence-corrected chi connectivity index (χ4v) is 2.76. The van der Waals surface area contributed by atoms with Gasteiger partial charge in [-0.15, -0.1) is 0 Å². The highest BCUT2D eigenvalue weighted by atomic mass is 16.5. The van der Waals surface area contributed by atoms with E-state index < -0.39 is 0 Å². The third-order valence-electron chi connectivity index (χ3n) is 4.09. The maximum atomic E-state index is 6.30. The van der Waals surface area contributed by atoms with Crippen LogP contribution in [0, 0.1) is 5.41 Å². The Morgan fingerprint density at radius 2 is 1.86 bits per heavy atom. The SMILES string of the molecule is CC(C)(CNC(C)(C)C)COC1CCCc2ccccc21. The van der Waals surface area contributed by atoms with Crippen molar-refractivity contribution in [3.05, 3.63) is 35.4 Å². The van der Waals surface area contributed by atoms with E-state index in [9.17, 15) is 0 Å². The summed E-state index contributed by atoms with van der Waals surface area (Å²) in [6.45, 7) is 13.0. The Bertz CT molecular complexity index is 459. The highest BCUT2D eigenvalue weighted by molar-refractivity contribution is 5.31. The van der Waals surface area contributed by atoms with Crippen molar-refractivity contribution in [2.45, 2.75) is 65.5 Å². The van der Waals surface area contributed by atoms with Crippen molar-refractivity contribution in [3.8, 4) is 0 Å². The third kappa shape index (κ3) is 5.12. The van der Waals surface area contributed by atoms with Gasteiger partial charge in [0.05, 0.1) is 12.7 Å². The van der Waals surface area contributed by atoms with E-state index in [4.69, 9.17) is 4.74 Å². The van der Waals surface area contributed by atoms with Crippen LogP contribution in [0.4, 0.5) is 0 Å². The summed E-state index contributed by atoms with van der Waals surface area (Å²) >= 11 is 0. The third-order valence-corrected chi connectivity index (χ3v) is 4.09. The van der Waals surface area contributed by atoms with Crippen molar-refractivity contribution >= 4 is 0 Å². The van der Waals surface area contributed by atoms with Gasteiger partial charge in [0.15, 0.2) is 0 Å². The Balaban J connectivity index is 1.91. The number of hydrogen-bond acceptors (Lipinski definition) is 2. The van der Waals surface area contributed by atoms with E-state index in [-0.39, 0.29) is 17.1 Å². The predicted molar refractivity (Wildman–Crippen MR) is 89.6 cm³/mol. The van der Waals surface area contributed by atoms with Gasteiger partial charge in [-0.25, -0.2) is 0 Å². The molecule has 0 aromatic heterocycles. The Kier molecular flexibility index (Phi) is 5.11. The lowest BCUT2D eigenvalue weighted by molar-refractivity contribution is -0.00817. The van der Waals surface area contributed by atoms with Crippen molar-refractivity contribution in [2.75, 3.05) is 13.2 Å². The Hall–Kier alpha value is -0.860. The quantitative estimate of drug-likeness (QED) is 0.862. The van der Waals surface area contributed by atoms with Gasteiger partial charge in [-0.3, -0.25) is 0 Å². The zero-order valence-electron chi connectivity index (χ0n) is 14.3. The summed E-state index contributed by atoms with van der Waals surface area (Å²) in [6, 6.07) is 8.75. The molecule has 21 heavy (non-hydrogen) atoms. The fraction of sp³-hybridized carbons (Fsp3) is 0.684. The molecule has 1 aliphatic carbocycles. The lowest BCUT2D eigenvalue weighted by Gasteiger charge is -2.33. The minimum Gasteiger partial charge on any atom is -0.373 e. The van der Waals surface area contributed by atoms with Crippen LogP contribution < -0.4 is 5.32 Å². The van der Waals surface area contributed by atoms with Crippen LogP contribution >= 0.6 is 0 Å². The zero-order valence-corrected chi connectivity index (χ0v) is 14.3. The van der Waals surface area contributed by atoms with Gasteiger partial charge in [-0.1, -0.05) is 38.1 Å². The Morgan fingerprint density at radius 3 is 2.57 bits per heavy atom. The minimum absolute atomic E-state index is 0.152. The van der Waals surface area contributed by atoms with Gasteiger partial charge < -0.3 is 10.1 Å². The average Bonchev–Trinajstić information content (AvgIpc) is 2.42. The first-order valence-electron chi connectivity index (χ1n) is 8.21. The normalized spacial score (nSPS) is 19.4. The first kappa shape index (κ1) is 16.5. The molecule has 1 aromatic carbocycles. The monoisotopic (exact) mass is 289 g/mol. The second kappa shape index (κ2) is 6.50. The number of hydrogen-bond donors (Lipinski definition) is 1. The Labute approximate surface area is 130 Å². The second-order valence-corrected chi connectivity index (χ2v) is 8.16. The van der Waals surface area contributed by atoms with E-state index in [1.54, 1.807) is 0 Å². The molecule has 1 unspecified atom stereocenters. The molecular formula is C19H31NO. The molecule has 0 spiro atoms. The maximum absolute atomic E-state index is 6.30. The molecule has 0 bridgehead atoms. The molecule has 0 fully saturated rings. The summed E-state index contributed by atoms with van der Waals surface area (Å²) in [7, 11) is 0. The lowest BCUT2D eigenvalue weighted by Crippen LogP contribution is -2.43. The molecule has 2 rings (SSSR count). The van der Waals surface area contributed by atoms with Crippen LogP contribution in [0.2, 0.25) is 0 Å². The smallest absolute Gasteiger partial charge is 0.0828 e. The molecule has 0 saturated heterocycles. The van der Waals surface area contributed by atoms with Crippen LogP contribution in [0.1, 0.15) is 64.7 Å². The molecule has 0 radical (unpaired) electrons. The molecule has 1 aliphatic rings. The molecule has 0 amide bonds. The largest absolute Gasteiger partial charge is 0.373 e. The molecule has 118 valence electrons. The van der Waals surface area contributed by atoms with Crippen molar-refractivity contribution in [3.63, 3.8) is 0 Å². The maximum Gasteiger partial charge on any atom is 0.0828 e. The van der Waals surface area contributed by atoms with Gasteiger partial charge in [0, 0.05) is 17.5 Å². The van der Waals surface area contributed by atoms with E-state index in [1.807, 2.05) is 0 Å². The Morgan fingerprint density at radius 1 is 1.14 bits per heavy atom. The second-order valence-electron chi connectivity index (χ2n) is 8.16. The van der Waals surface area contributed by atoms with Gasteiger partial charge in [-0.2, -0.15) is 0 Å². The first-order valence-corrected chi connectivity index (χ1v) is 8.21. The highest BCUT2D eigenvalue weighted by Crippen LogP contribution is 2.33. The van der Waals surface area contributed by atoms with Crippen LogP contribution in [0.25, 0.3) is 0 Å². The van der Waals surface area contributed by atoms with Gasteiger partial charge in [0.1, 0.15) is 0 Å². The van der Waals surface area contributed by atoms with Crippen molar-refractivity contribution < 1.29 is 4.74 Å². The van der Waals surface area contributed by atoms with Gasteiger partial charge in [-0.05, 0) is 51.2 Å². The zero-order chi connectivity index (χ0) is 15.5. The van der Waals surface area contributed by atoms with Crippen LogP contribution in [-0.2, 0) is 11.2 Å². The summed E-state index contributed by atoms with van der Waals surface area (Å²) in [6.07, 6.45) is 3.87. The van der Waals surface area contributed by atoms with Crippen LogP contribution in [0.5, 0.6) is 0 Å². The van der Waals surface area contributed by atoms with E-state index in [0.29, 0.717) is 0 Å². The van der Waals surface area contributed by atoms with Crippen molar-refractivity contribution in [1.82, 2.24) is 5.32 Å². The van der Waals surface area contributed by atoms with Crippen molar-refractivity contribution in [2.24, 2.45) is 5.41 Å². The first-order chi connectivity index (χ1) is 9.77. The topological polar surface area (TPSA) is 21.3 Å². The predicted octanol–water partition coefficient (Wildman–Crippen LogP) is 4.49. The minimum atomic E-state index is 0.152. The summed E-state index contributed by atoms with van der Waals surface area (Å²) in [4.78, 5) is 0. The number of ether oxygens (including phenoxy) is 1. The number of rotatable bonds is 5. The van der Waals surface area contributed by atoms with E-state index >= 15 is 0 Å². The molecule has 1 N–H and O–H groups in total. The number of benzene rings is 1. The molecule has 2 heteroatoms. The van der Waals surface area contributed by atoms with Gasteiger partial charge in [0.2, 0.25) is 0 Å². The van der Waals surface area contributed by atoms with Gasteiger partial charge >= 0.3 is 0 Å². The molecule has 0 aliphatic heterocycles. The molecular weight excluding hydrogens is 258 g/mol. The average molecular weight is 289 g/mol. The molecule has 0 heterocycles. The van der Waals surface area contributed by atoms with E-state index in [0.717, 1.165) is 19.6 Å². The van der Waals surface area contributed by atoms with E-state index in [1.165, 1.54) is 24.0 Å². The summed E-state index contributed by atoms with van der Waals surface area (Å²) in [5, 5.41) is 3.59. The summed E-state index contributed by atoms with van der Waals surface area (Å²) < 4.78 is 6.30. The number of aryl methyl sites for hydroxylation is 1.